The molecule has 30 heavy (non-hydrogen) atoms. The molecule has 1 aliphatic rings. The third-order valence-corrected chi connectivity index (χ3v) is 5.06. The molecule has 1 N–H and O–H groups in total. The first-order valence-corrected chi connectivity index (χ1v) is 9.93. The van der Waals surface area contributed by atoms with Crippen molar-refractivity contribution >= 4 is 11.6 Å². The minimum absolute atomic E-state index is 0.179. The van der Waals surface area contributed by atoms with E-state index in [0.717, 1.165) is 35.6 Å². The Hall–Kier alpha value is -3.68. The van der Waals surface area contributed by atoms with E-state index in [9.17, 15) is 4.79 Å². The van der Waals surface area contributed by atoms with Gasteiger partial charge in [-0.3, -0.25) is 4.79 Å². The van der Waals surface area contributed by atoms with Gasteiger partial charge in [-0.05, 0) is 43.5 Å². The van der Waals surface area contributed by atoms with E-state index in [-0.39, 0.29) is 19.1 Å². The van der Waals surface area contributed by atoms with Crippen LogP contribution in [0.1, 0.15) is 52.1 Å². The Balaban J connectivity index is 1.25. The van der Waals surface area contributed by atoms with Gasteiger partial charge in [0.15, 0.2) is 5.82 Å². The number of ether oxygens (including phenoxy) is 1. The third kappa shape index (κ3) is 3.76. The van der Waals surface area contributed by atoms with Gasteiger partial charge in [0.1, 0.15) is 18.0 Å². The Morgan fingerprint density at radius 2 is 2.10 bits per heavy atom. The van der Waals surface area contributed by atoms with E-state index in [1.165, 1.54) is 0 Å². The molecule has 5 rings (SSSR count). The van der Waals surface area contributed by atoms with Crippen LogP contribution in [0.4, 0.5) is 0 Å². The summed E-state index contributed by atoms with van der Waals surface area (Å²) in [5.74, 6) is 1.78. The number of imidazole rings is 1. The summed E-state index contributed by atoms with van der Waals surface area (Å²) >= 11 is 0. The number of benzene rings is 1. The van der Waals surface area contributed by atoms with Crippen molar-refractivity contribution in [2.45, 2.75) is 38.8 Å². The monoisotopic (exact) mass is 403 g/mol. The highest BCUT2D eigenvalue weighted by atomic mass is 16.5. The molecule has 0 saturated heterocycles. The molecule has 0 atom stereocenters. The fourth-order valence-electron chi connectivity index (χ4n) is 3.30. The van der Waals surface area contributed by atoms with Gasteiger partial charge in [0, 0.05) is 18.3 Å². The zero-order valence-electron chi connectivity index (χ0n) is 16.5. The molecule has 1 aromatic carbocycles. The zero-order valence-corrected chi connectivity index (χ0v) is 16.5. The van der Waals surface area contributed by atoms with Crippen LogP contribution in [0.3, 0.4) is 0 Å². The lowest BCUT2D eigenvalue weighted by atomic mass is 10.2. The number of nitrogens with one attached hydrogen (secondary N) is 1. The summed E-state index contributed by atoms with van der Waals surface area (Å²) in [6.07, 6.45) is 6.08. The fraction of sp³-hybridized carbons (Fsp3) is 0.273. The molecule has 1 amide bonds. The highest BCUT2D eigenvalue weighted by Gasteiger charge is 2.28. The predicted octanol–water partition coefficient (Wildman–Crippen LogP) is 3.41. The second-order valence-corrected chi connectivity index (χ2v) is 7.44. The van der Waals surface area contributed by atoms with Crippen LogP contribution in [0, 0.1) is 6.92 Å². The number of carbonyl (C=O) groups is 1. The van der Waals surface area contributed by atoms with Crippen molar-refractivity contribution < 1.29 is 14.1 Å². The number of pyridine rings is 1. The maximum Gasteiger partial charge on any atom is 0.255 e. The third-order valence-electron chi connectivity index (χ3n) is 5.06. The quantitative estimate of drug-likeness (QED) is 0.508. The van der Waals surface area contributed by atoms with Crippen molar-refractivity contribution in [2.24, 2.45) is 0 Å². The molecule has 3 heterocycles. The van der Waals surface area contributed by atoms with Crippen molar-refractivity contribution in [3.63, 3.8) is 0 Å². The van der Waals surface area contributed by atoms with Crippen LogP contribution in [0.15, 0.2) is 53.3 Å². The van der Waals surface area contributed by atoms with Crippen LogP contribution in [0.2, 0.25) is 0 Å². The summed E-state index contributed by atoms with van der Waals surface area (Å²) in [5.41, 5.74) is 3.22. The summed E-state index contributed by atoms with van der Waals surface area (Å²) in [5, 5.41) is 6.78. The minimum Gasteiger partial charge on any atom is -0.486 e. The molecule has 0 radical (unpaired) electrons. The number of aromatic nitrogens is 4. The Bertz CT molecular complexity index is 1210. The van der Waals surface area contributed by atoms with Gasteiger partial charge < -0.3 is 19.0 Å². The normalized spacial score (nSPS) is 13.5. The first-order chi connectivity index (χ1) is 14.7. The van der Waals surface area contributed by atoms with Crippen molar-refractivity contribution in [1.29, 1.82) is 0 Å². The molecule has 1 saturated carbocycles. The van der Waals surface area contributed by atoms with Crippen molar-refractivity contribution in [1.82, 2.24) is 24.8 Å². The van der Waals surface area contributed by atoms with Gasteiger partial charge in [-0.15, -0.1) is 0 Å². The molecular weight excluding hydrogens is 382 g/mol. The smallest absolute Gasteiger partial charge is 0.255 e. The van der Waals surface area contributed by atoms with Crippen molar-refractivity contribution in [3.05, 3.63) is 77.3 Å². The molecule has 1 fully saturated rings. The molecule has 0 spiro atoms. The molecule has 0 bridgehead atoms. The minimum atomic E-state index is -0.261. The first kappa shape index (κ1) is 18.4. The average molecular weight is 403 g/mol. The average Bonchev–Trinajstić information content (AvgIpc) is 3.34. The van der Waals surface area contributed by atoms with Crippen molar-refractivity contribution in [3.8, 4) is 5.75 Å². The van der Waals surface area contributed by atoms with Crippen LogP contribution in [-0.2, 0) is 13.2 Å². The molecule has 0 aliphatic heterocycles. The molecule has 4 aromatic rings. The highest BCUT2D eigenvalue weighted by molar-refractivity contribution is 5.96. The maximum absolute atomic E-state index is 12.7. The van der Waals surface area contributed by atoms with Crippen LogP contribution < -0.4 is 10.1 Å². The Morgan fingerprint density at radius 3 is 2.93 bits per heavy atom. The number of nitrogens with zero attached hydrogens (tertiary/aromatic N) is 4. The molecule has 152 valence electrons. The largest absolute Gasteiger partial charge is 0.486 e. The highest BCUT2D eigenvalue weighted by Crippen LogP contribution is 2.38. The number of aryl methyl sites for hydroxylation is 1. The Morgan fingerprint density at radius 1 is 1.23 bits per heavy atom. The van der Waals surface area contributed by atoms with E-state index in [0.29, 0.717) is 23.1 Å². The summed E-state index contributed by atoms with van der Waals surface area (Å²) < 4.78 is 13.1. The van der Waals surface area contributed by atoms with Gasteiger partial charge in [0.25, 0.3) is 5.91 Å². The first-order valence-electron chi connectivity index (χ1n) is 9.93. The number of amides is 1. The predicted molar refractivity (Wildman–Crippen MR) is 108 cm³/mol. The number of para-hydroxylation sites is 1. The molecule has 0 unspecified atom stereocenters. The number of carbonyl (C=O) groups excluding carboxylic acids is 1. The van der Waals surface area contributed by atoms with Gasteiger partial charge >= 0.3 is 0 Å². The van der Waals surface area contributed by atoms with Crippen LogP contribution in [0.25, 0.3) is 5.65 Å². The zero-order chi connectivity index (χ0) is 20.5. The summed E-state index contributed by atoms with van der Waals surface area (Å²) in [6.45, 7) is 2.46. The molecular formula is C22H21N5O3. The van der Waals surface area contributed by atoms with E-state index in [4.69, 9.17) is 9.26 Å². The number of fused-ring (bicyclic) bond motifs is 1. The summed E-state index contributed by atoms with van der Waals surface area (Å²) in [7, 11) is 0. The lowest BCUT2D eigenvalue weighted by Gasteiger charge is -2.10. The molecule has 1 aliphatic carbocycles. The number of rotatable bonds is 7. The fourth-order valence-corrected chi connectivity index (χ4v) is 3.30. The van der Waals surface area contributed by atoms with Gasteiger partial charge in [-0.1, -0.05) is 23.4 Å². The maximum atomic E-state index is 12.7. The standard InChI is InChI=1S/C22H21N5O3/c1-14-5-4-10-27-12-16(24-21(14)27)13-29-18-7-3-2-6-17(18)22(28)23-11-19-25-20(26-30-19)15-8-9-15/h2-7,10,12,15H,8-9,11,13H2,1H3,(H,23,28). The van der Waals surface area contributed by atoms with Gasteiger partial charge in [0.2, 0.25) is 5.89 Å². The van der Waals surface area contributed by atoms with Gasteiger partial charge in [-0.25, -0.2) is 4.98 Å². The van der Waals surface area contributed by atoms with Gasteiger partial charge in [-0.2, -0.15) is 4.98 Å². The topological polar surface area (TPSA) is 94.6 Å². The summed E-state index contributed by atoms with van der Waals surface area (Å²) in [6, 6.07) is 11.1. The molecule has 8 nitrogen and oxygen atoms in total. The van der Waals surface area contributed by atoms with Crippen LogP contribution >= 0.6 is 0 Å². The van der Waals surface area contributed by atoms with E-state index in [2.05, 4.69) is 20.4 Å². The van der Waals surface area contributed by atoms with E-state index in [1.807, 2.05) is 41.9 Å². The lowest BCUT2D eigenvalue weighted by Crippen LogP contribution is -2.23. The lowest BCUT2D eigenvalue weighted by molar-refractivity contribution is 0.0941. The SMILES string of the molecule is Cc1cccn2cc(COc3ccccc3C(=O)NCc3nc(C4CC4)no3)nc12. The summed E-state index contributed by atoms with van der Waals surface area (Å²) in [4.78, 5) is 21.6. The van der Waals surface area contributed by atoms with Gasteiger partial charge in [0.05, 0.1) is 17.8 Å². The molecule has 8 heteroatoms. The molecule has 3 aromatic heterocycles. The van der Waals surface area contributed by atoms with E-state index < -0.39 is 0 Å². The van der Waals surface area contributed by atoms with Crippen LogP contribution in [-0.4, -0.2) is 25.4 Å². The van der Waals surface area contributed by atoms with E-state index >= 15 is 0 Å². The van der Waals surface area contributed by atoms with Crippen LogP contribution in [0.5, 0.6) is 5.75 Å². The Labute approximate surface area is 172 Å². The van der Waals surface area contributed by atoms with Crippen molar-refractivity contribution in [2.75, 3.05) is 0 Å². The Kier molecular flexibility index (Phi) is 4.66. The second kappa shape index (κ2) is 7.62. The number of hydrogen-bond donors (Lipinski definition) is 1. The second-order valence-electron chi connectivity index (χ2n) is 7.44. The number of hydrogen-bond acceptors (Lipinski definition) is 6. The van der Waals surface area contributed by atoms with E-state index in [1.54, 1.807) is 18.2 Å².